The number of nitrogens with zero attached hydrogens (tertiary/aromatic N) is 1. The van der Waals surface area contributed by atoms with Crippen LogP contribution in [0.1, 0.15) is 38.3 Å². The van der Waals surface area contributed by atoms with Crippen LogP contribution in [0, 0.1) is 11.7 Å². The second kappa shape index (κ2) is 9.97. The van der Waals surface area contributed by atoms with Crippen molar-refractivity contribution in [1.29, 1.82) is 0 Å². The van der Waals surface area contributed by atoms with Gasteiger partial charge in [-0.15, -0.1) is 0 Å². The third-order valence-corrected chi connectivity index (χ3v) is 7.43. The van der Waals surface area contributed by atoms with Gasteiger partial charge in [-0.2, -0.15) is 4.31 Å². The molecule has 2 atom stereocenters. The summed E-state index contributed by atoms with van der Waals surface area (Å²) in [6.45, 7) is 4.29. The molecule has 2 aromatic carbocycles. The molecule has 1 aliphatic heterocycles. The van der Waals surface area contributed by atoms with E-state index in [1.807, 2.05) is 6.92 Å². The van der Waals surface area contributed by atoms with Gasteiger partial charge in [0.1, 0.15) is 16.5 Å². The Balaban J connectivity index is 1.74. The van der Waals surface area contributed by atoms with Crippen LogP contribution in [0.5, 0.6) is 5.75 Å². The van der Waals surface area contributed by atoms with E-state index in [1.54, 1.807) is 25.1 Å². The van der Waals surface area contributed by atoms with Gasteiger partial charge in [0.2, 0.25) is 15.9 Å². The summed E-state index contributed by atoms with van der Waals surface area (Å²) in [5.74, 6) is -0.819. The van der Waals surface area contributed by atoms with Crippen molar-refractivity contribution >= 4 is 27.5 Å². The number of sulfonamides is 1. The van der Waals surface area contributed by atoms with Crippen molar-refractivity contribution in [3.8, 4) is 5.75 Å². The van der Waals surface area contributed by atoms with E-state index in [2.05, 4.69) is 5.32 Å². The van der Waals surface area contributed by atoms with E-state index in [9.17, 15) is 17.6 Å². The summed E-state index contributed by atoms with van der Waals surface area (Å²) in [5, 5.41) is 3.20. The zero-order valence-corrected chi connectivity index (χ0v) is 19.0. The highest BCUT2D eigenvalue weighted by Gasteiger charge is 2.35. The zero-order valence-electron chi connectivity index (χ0n) is 17.5. The minimum atomic E-state index is -3.89. The Hall–Kier alpha value is -2.16. The van der Waals surface area contributed by atoms with Crippen molar-refractivity contribution < 1.29 is 22.3 Å². The Kier molecular flexibility index (Phi) is 7.56. The van der Waals surface area contributed by atoms with Crippen LogP contribution in [0.15, 0.2) is 47.4 Å². The Morgan fingerprint density at radius 1 is 1.29 bits per heavy atom. The number of carbonyl (C=O) groups excluding carboxylic acids is 1. The molecule has 1 fully saturated rings. The highest BCUT2D eigenvalue weighted by molar-refractivity contribution is 7.89. The fourth-order valence-electron chi connectivity index (χ4n) is 3.64. The molecule has 2 aromatic rings. The molecular weight excluding hydrogens is 443 g/mol. The van der Waals surface area contributed by atoms with Crippen molar-refractivity contribution in [2.45, 2.75) is 37.6 Å². The fourth-order valence-corrected chi connectivity index (χ4v) is 5.56. The summed E-state index contributed by atoms with van der Waals surface area (Å²) in [6, 6.07) is 10.1. The maximum atomic E-state index is 13.3. The number of carbonyl (C=O) groups is 1. The summed E-state index contributed by atoms with van der Waals surface area (Å²) >= 11 is 6.04. The number of hydrogen-bond donors (Lipinski definition) is 1. The quantitative estimate of drug-likeness (QED) is 0.662. The van der Waals surface area contributed by atoms with Gasteiger partial charge in [0.15, 0.2) is 0 Å². The number of rotatable bonds is 7. The second-order valence-corrected chi connectivity index (χ2v) is 9.85. The topological polar surface area (TPSA) is 75.7 Å². The number of benzene rings is 2. The Labute approximate surface area is 187 Å². The predicted molar refractivity (Wildman–Crippen MR) is 117 cm³/mol. The number of halogens is 2. The summed E-state index contributed by atoms with van der Waals surface area (Å²) in [5.41, 5.74) is 0.773. The predicted octanol–water partition coefficient (Wildman–Crippen LogP) is 4.16. The first-order valence-corrected chi connectivity index (χ1v) is 12.0. The molecule has 1 N–H and O–H groups in total. The van der Waals surface area contributed by atoms with Crippen molar-refractivity contribution in [3.05, 3.63) is 58.9 Å². The molecule has 6 nitrogen and oxygen atoms in total. The molecule has 168 valence electrons. The molecule has 3 rings (SSSR count). The summed E-state index contributed by atoms with van der Waals surface area (Å²) in [4.78, 5) is 12.8. The largest absolute Gasteiger partial charge is 0.492 e. The van der Waals surface area contributed by atoms with E-state index in [0.717, 1.165) is 5.56 Å². The smallest absolute Gasteiger partial charge is 0.246 e. The average molecular weight is 469 g/mol. The standard InChI is InChI=1S/C22H26ClFN2O4S/c1-3-30-20-11-8-18(23)13-21(20)31(28,29)26-12-4-5-17(14-26)22(27)25-15(2)16-6-9-19(24)10-7-16/h6-11,13,15,17H,3-5,12,14H2,1-2H3,(H,25,27). The van der Waals surface area contributed by atoms with Crippen molar-refractivity contribution in [3.63, 3.8) is 0 Å². The van der Waals surface area contributed by atoms with Gasteiger partial charge in [-0.3, -0.25) is 4.79 Å². The van der Waals surface area contributed by atoms with E-state index < -0.39 is 15.9 Å². The lowest BCUT2D eigenvalue weighted by molar-refractivity contribution is -0.126. The van der Waals surface area contributed by atoms with Crippen LogP contribution >= 0.6 is 11.6 Å². The van der Waals surface area contributed by atoms with Gasteiger partial charge in [0.25, 0.3) is 0 Å². The van der Waals surface area contributed by atoms with Crippen LogP contribution in [-0.2, 0) is 14.8 Å². The molecular formula is C22H26ClFN2O4S. The van der Waals surface area contributed by atoms with Gasteiger partial charge in [-0.05, 0) is 62.6 Å². The Bertz CT molecular complexity index is 1030. The molecule has 0 saturated carbocycles. The van der Waals surface area contributed by atoms with Gasteiger partial charge in [-0.1, -0.05) is 23.7 Å². The van der Waals surface area contributed by atoms with Crippen molar-refractivity contribution in [2.75, 3.05) is 19.7 Å². The maximum absolute atomic E-state index is 13.3. The molecule has 1 heterocycles. The molecule has 1 aliphatic rings. The molecule has 2 unspecified atom stereocenters. The summed E-state index contributed by atoms with van der Waals surface area (Å²) < 4.78 is 46.5. The molecule has 1 amide bonds. The van der Waals surface area contributed by atoms with Crippen molar-refractivity contribution in [2.24, 2.45) is 5.92 Å². The highest BCUT2D eigenvalue weighted by Crippen LogP contribution is 2.32. The van der Waals surface area contributed by atoms with Crippen molar-refractivity contribution in [1.82, 2.24) is 9.62 Å². The number of piperidine rings is 1. The second-order valence-electron chi connectivity index (χ2n) is 7.51. The Morgan fingerprint density at radius 2 is 2.00 bits per heavy atom. The van der Waals surface area contributed by atoms with Gasteiger partial charge in [0, 0.05) is 18.1 Å². The number of nitrogens with one attached hydrogen (secondary N) is 1. The van der Waals surface area contributed by atoms with E-state index in [-0.39, 0.29) is 35.0 Å². The lowest BCUT2D eigenvalue weighted by Gasteiger charge is -2.32. The molecule has 0 aliphatic carbocycles. The van der Waals surface area contributed by atoms with Crippen LogP contribution < -0.4 is 10.1 Å². The summed E-state index contributed by atoms with van der Waals surface area (Å²) in [6.07, 6.45) is 1.15. The zero-order chi connectivity index (χ0) is 22.6. The highest BCUT2D eigenvalue weighted by atomic mass is 35.5. The molecule has 1 saturated heterocycles. The van der Waals surface area contributed by atoms with E-state index in [4.69, 9.17) is 16.3 Å². The molecule has 0 bridgehead atoms. The lowest BCUT2D eigenvalue weighted by Crippen LogP contribution is -2.45. The van der Waals surface area contributed by atoms with Gasteiger partial charge >= 0.3 is 0 Å². The van der Waals surface area contributed by atoms with Gasteiger partial charge < -0.3 is 10.1 Å². The first-order chi connectivity index (χ1) is 14.7. The first kappa shape index (κ1) is 23.5. The minimum Gasteiger partial charge on any atom is -0.492 e. The SMILES string of the molecule is CCOc1ccc(Cl)cc1S(=O)(=O)N1CCCC(C(=O)NC(C)c2ccc(F)cc2)C1. The molecule has 0 aromatic heterocycles. The third-order valence-electron chi connectivity index (χ3n) is 5.31. The fraction of sp³-hybridized carbons (Fsp3) is 0.409. The van der Waals surface area contributed by atoms with Crippen LogP contribution in [0.3, 0.4) is 0 Å². The average Bonchev–Trinajstić information content (AvgIpc) is 2.75. The van der Waals surface area contributed by atoms with E-state index in [0.29, 0.717) is 31.0 Å². The van der Waals surface area contributed by atoms with E-state index >= 15 is 0 Å². The maximum Gasteiger partial charge on any atom is 0.246 e. The van der Waals surface area contributed by atoms with Crippen LogP contribution in [-0.4, -0.2) is 38.3 Å². The molecule has 9 heteroatoms. The van der Waals surface area contributed by atoms with E-state index in [1.165, 1.54) is 28.6 Å². The number of hydrogen-bond acceptors (Lipinski definition) is 4. The van der Waals surface area contributed by atoms with Gasteiger partial charge in [-0.25, -0.2) is 12.8 Å². The number of amides is 1. The minimum absolute atomic E-state index is 0.00240. The third kappa shape index (κ3) is 5.56. The lowest BCUT2D eigenvalue weighted by atomic mass is 9.98. The monoisotopic (exact) mass is 468 g/mol. The number of ether oxygens (including phenoxy) is 1. The molecule has 31 heavy (non-hydrogen) atoms. The van der Waals surface area contributed by atoms with Crippen LogP contribution in [0.4, 0.5) is 4.39 Å². The van der Waals surface area contributed by atoms with Crippen LogP contribution in [0.2, 0.25) is 5.02 Å². The molecule has 0 spiro atoms. The first-order valence-electron chi connectivity index (χ1n) is 10.2. The molecule has 0 radical (unpaired) electrons. The van der Waals surface area contributed by atoms with Crippen LogP contribution in [0.25, 0.3) is 0 Å². The Morgan fingerprint density at radius 3 is 2.68 bits per heavy atom. The summed E-state index contributed by atoms with van der Waals surface area (Å²) in [7, 11) is -3.89. The van der Waals surface area contributed by atoms with Gasteiger partial charge in [0.05, 0.1) is 18.6 Å². The normalized spacial score (nSPS) is 18.4.